The second-order valence-electron chi connectivity index (χ2n) is 7.87. The van der Waals surface area contributed by atoms with Crippen LogP contribution in [0.5, 0.6) is 0 Å². The molecule has 2 atom stereocenters. The molecule has 1 aromatic rings. The van der Waals surface area contributed by atoms with Crippen LogP contribution in [0, 0.1) is 11.8 Å². The highest BCUT2D eigenvalue weighted by atomic mass is 32.2. The summed E-state index contributed by atoms with van der Waals surface area (Å²) in [5.41, 5.74) is 1.67. The lowest BCUT2D eigenvalue weighted by Crippen LogP contribution is -2.42. The molecule has 2 unspecified atom stereocenters. The summed E-state index contributed by atoms with van der Waals surface area (Å²) in [6.07, 6.45) is 3.55. The Morgan fingerprint density at radius 2 is 1.89 bits per heavy atom. The molecule has 3 aliphatic rings. The van der Waals surface area contributed by atoms with Crippen LogP contribution in [-0.2, 0) is 26.0 Å². The average Bonchev–Trinajstić information content (AvgIpc) is 3.43. The van der Waals surface area contributed by atoms with E-state index in [-0.39, 0.29) is 29.3 Å². The minimum Gasteiger partial charge on any atom is -0.481 e. The van der Waals surface area contributed by atoms with Gasteiger partial charge in [0, 0.05) is 30.7 Å². The molecule has 1 N–H and O–H groups in total. The number of carboxylic acids is 1. The van der Waals surface area contributed by atoms with Crippen molar-refractivity contribution in [3.63, 3.8) is 0 Å². The monoisotopic (exact) mass is 392 g/mol. The molecule has 1 aliphatic carbocycles. The first kappa shape index (κ1) is 18.4. The average molecular weight is 392 g/mol. The summed E-state index contributed by atoms with van der Waals surface area (Å²) in [6, 6.07) is 4.96. The number of piperidine rings is 1. The van der Waals surface area contributed by atoms with Gasteiger partial charge in [-0.15, -0.1) is 0 Å². The van der Waals surface area contributed by atoms with E-state index in [0.29, 0.717) is 25.8 Å². The molecule has 0 aromatic heterocycles. The zero-order valence-corrected chi connectivity index (χ0v) is 16.1. The normalized spacial score (nSPS) is 26.0. The molecule has 8 heteroatoms. The fraction of sp³-hybridized carbons (Fsp3) is 0.579. The first-order valence-electron chi connectivity index (χ1n) is 9.48. The van der Waals surface area contributed by atoms with Gasteiger partial charge in [0.15, 0.2) is 0 Å². The molecule has 4 rings (SSSR count). The number of amides is 1. The second-order valence-corrected chi connectivity index (χ2v) is 9.80. The lowest BCUT2D eigenvalue weighted by Gasteiger charge is -2.30. The lowest BCUT2D eigenvalue weighted by atomic mass is 10.0. The highest BCUT2D eigenvalue weighted by molar-refractivity contribution is 7.89. The van der Waals surface area contributed by atoms with Crippen molar-refractivity contribution in [3.05, 3.63) is 23.8 Å². The van der Waals surface area contributed by atoms with Crippen LogP contribution in [-0.4, -0.2) is 48.8 Å². The maximum atomic E-state index is 13.0. The van der Waals surface area contributed by atoms with Crippen molar-refractivity contribution in [2.75, 3.05) is 18.0 Å². The first-order valence-corrected chi connectivity index (χ1v) is 10.9. The van der Waals surface area contributed by atoms with Gasteiger partial charge in [0.05, 0.1) is 10.8 Å². The summed E-state index contributed by atoms with van der Waals surface area (Å²) in [6.45, 7) is 2.33. The summed E-state index contributed by atoms with van der Waals surface area (Å²) in [7, 11) is -3.74. The highest BCUT2D eigenvalue weighted by Gasteiger charge is 2.40. The molecular weight excluding hydrogens is 368 g/mol. The van der Waals surface area contributed by atoms with Crippen LogP contribution in [0.2, 0.25) is 0 Å². The molecule has 0 radical (unpaired) electrons. The third kappa shape index (κ3) is 3.25. The maximum absolute atomic E-state index is 13.0. The van der Waals surface area contributed by atoms with Crippen LogP contribution >= 0.6 is 0 Å². The van der Waals surface area contributed by atoms with E-state index < -0.39 is 21.9 Å². The number of nitrogens with zero attached hydrogens (tertiary/aromatic N) is 2. The Bertz CT molecular complexity index is 893. The predicted octanol–water partition coefficient (Wildman–Crippen LogP) is 1.86. The van der Waals surface area contributed by atoms with Gasteiger partial charge < -0.3 is 10.0 Å². The van der Waals surface area contributed by atoms with Crippen LogP contribution in [0.25, 0.3) is 0 Å². The summed E-state index contributed by atoms with van der Waals surface area (Å²) in [4.78, 5) is 25.8. The molecule has 2 aliphatic heterocycles. The summed E-state index contributed by atoms with van der Waals surface area (Å²) in [5.74, 6) is -1.36. The number of fused-ring (bicyclic) bond motifs is 1. The minimum atomic E-state index is -3.74. The Morgan fingerprint density at radius 1 is 1.15 bits per heavy atom. The molecule has 0 spiro atoms. The van der Waals surface area contributed by atoms with Crippen molar-refractivity contribution in [2.45, 2.75) is 50.0 Å². The highest BCUT2D eigenvalue weighted by Crippen LogP contribution is 2.40. The van der Waals surface area contributed by atoms with Crippen molar-refractivity contribution in [2.24, 2.45) is 11.8 Å². The second kappa shape index (κ2) is 6.60. The Hall–Kier alpha value is -1.93. The number of benzene rings is 1. The van der Waals surface area contributed by atoms with E-state index in [1.54, 1.807) is 18.2 Å². The molecule has 1 aromatic carbocycles. The largest absolute Gasteiger partial charge is 0.481 e. The van der Waals surface area contributed by atoms with E-state index in [0.717, 1.165) is 24.1 Å². The van der Waals surface area contributed by atoms with Gasteiger partial charge in [0.25, 0.3) is 0 Å². The minimum absolute atomic E-state index is 0.0114. The van der Waals surface area contributed by atoms with Crippen LogP contribution in [0.4, 0.5) is 5.69 Å². The maximum Gasteiger partial charge on any atom is 0.307 e. The van der Waals surface area contributed by atoms with Crippen molar-refractivity contribution in [1.29, 1.82) is 0 Å². The van der Waals surface area contributed by atoms with Gasteiger partial charge in [-0.1, -0.05) is 0 Å². The van der Waals surface area contributed by atoms with Crippen molar-refractivity contribution < 1.29 is 23.1 Å². The third-order valence-corrected chi connectivity index (χ3v) is 7.66. The first-order chi connectivity index (χ1) is 12.8. The molecule has 1 saturated carbocycles. The van der Waals surface area contributed by atoms with Gasteiger partial charge in [-0.3, -0.25) is 9.59 Å². The number of carbonyl (C=O) groups excluding carboxylic acids is 1. The van der Waals surface area contributed by atoms with Gasteiger partial charge in [0.2, 0.25) is 15.9 Å². The number of anilines is 1. The van der Waals surface area contributed by atoms with E-state index in [1.807, 2.05) is 11.8 Å². The molecule has 2 heterocycles. The van der Waals surface area contributed by atoms with E-state index in [2.05, 4.69) is 0 Å². The summed E-state index contributed by atoms with van der Waals surface area (Å²) < 4.78 is 27.3. The molecule has 0 bridgehead atoms. The SMILES string of the molecule is CC1Cc2cc(S(=O)(=O)N3CCCC(C(=O)O)C3)ccc2N1C(=O)C1CC1. The number of rotatable bonds is 4. The Morgan fingerprint density at radius 3 is 2.56 bits per heavy atom. The zero-order chi connectivity index (χ0) is 19.3. The molecule has 1 saturated heterocycles. The number of carbonyl (C=O) groups is 2. The van der Waals surface area contributed by atoms with Crippen LogP contribution in [0.1, 0.15) is 38.2 Å². The standard InChI is InChI=1S/C19H24N2O5S/c1-12-9-15-10-16(6-7-17(15)21(12)18(22)13-4-5-13)27(25,26)20-8-2-3-14(11-20)19(23)24/h6-7,10,12-14H,2-5,8-9,11H2,1H3,(H,23,24). The number of hydrogen-bond donors (Lipinski definition) is 1. The Labute approximate surface area is 159 Å². The van der Waals surface area contributed by atoms with Gasteiger partial charge in [-0.25, -0.2) is 8.42 Å². The Balaban J connectivity index is 1.61. The van der Waals surface area contributed by atoms with Gasteiger partial charge >= 0.3 is 5.97 Å². The van der Waals surface area contributed by atoms with Gasteiger partial charge in [-0.2, -0.15) is 4.31 Å². The number of aliphatic carboxylic acids is 1. The fourth-order valence-electron chi connectivity index (χ4n) is 4.14. The van der Waals surface area contributed by atoms with Crippen molar-refractivity contribution in [1.82, 2.24) is 4.31 Å². The molecule has 146 valence electrons. The lowest BCUT2D eigenvalue weighted by molar-refractivity contribution is -0.142. The quantitative estimate of drug-likeness (QED) is 0.844. The number of carboxylic acid groups (broad SMARTS) is 1. The molecular formula is C19H24N2O5S. The van der Waals surface area contributed by atoms with E-state index in [1.165, 1.54) is 4.31 Å². The summed E-state index contributed by atoms with van der Waals surface area (Å²) in [5, 5.41) is 9.22. The van der Waals surface area contributed by atoms with Crippen LogP contribution < -0.4 is 4.90 Å². The van der Waals surface area contributed by atoms with Crippen molar-refractivity contribution in [3.8, 4) is 0 Å². The smallest absolute Gasteiger partial charge is 0.307 e. The summed E-state index contributed by atoms with van der Waals surface area (Å²) >= 11 is 0. The molecule has 2 fully saturated rings. The van der Waals surface area contributed by atoms with Crippen molar-refractivity contribution >= 4 is 27.6 Å². The van der Waals surface area contributed by atoms with Gasteiger partial charge in [-0.05, 0) is 62.8 Å². The van der Waals surface area contributed by atoms with Crippen LogP contribution in [0.3, 0.4) is 0 Å². The number of hydrogen-bond acceptors (Lipinski definition) is 4. The fourth-order valence-corrected chi connectivity index (χ4v) is 5.72. The van der Waals surface area contributed by atoms with E-state index >= 15 is 0 Å². The zero-order valence-electron chi connectivity index (χ0n) is 15.3. The molecule has 7 nitrogen and oxygen atoms in total. The third-order valence-electron chi connectivity index (χ3n) is 5.80. The predicted molar refractivity (Wildman–Crippen MR) is 98.9 cm³/mol. The van der Waals surface area contributed by atoms with E-state index in [9.17, 15) is 23.1 Å². The Kier molecular flexibility index (Phi) is 4.50. The van der Waals surface area contributed by atoms with Gasteiger partial charge in [0.1, 0.15) is 0 Å². The van der Waals surface area contributed by atoms with Crippen LogP contribution in [0.15, 0.2) is 23.1 Å². The molecule has 27 heavy (non-hydrogen) atoms. The van der Waals surface area contributed by atoms with E-state index in [4.69, 9.17) is 0 Å². The molecule has 1 amide bonds. The number of sulfonamides is 1. The topological polar surface area (TPSA) is 95.0 Å².